The van der Waals surface area contributed by atoms with E-state index in [9.17, 15) is 0 Å². The fourth-order valence-corrected chi connectivity index (χ4v) is 5.67. The molecule has 1 atom stereocenters. The van der Waals surface area contributed by atoms with Gasteiger partial charge in [0.1, 0.15) is 0 Å². The van der Waals surface area contributed by atoms with Gasteiger partial charge in [0.25, 0.3) is 0 Å². The van der Waals surface area contributed by atoms with Crippen molar-refractivity contribution >= 4 is 39.5 Å². The van der Waals surface area contributed by atoms with Crippen LogP contribution in [0, 0.1) is 0 Å². The van der Waals surface area contributed by atoms with Gasteiger partial charge in [0.05, 0.1) is 5.25 Å². The van der Waals surface area contributed by atoms with E-state index >= 15 is 0 Å². The highest BCUT2D eigenvalue weighted by Crippen LogP contribution is 2.37. The van der Waals surface area contributed by atoms with Gasteiger partial charge in [-0.25, -0.2) is 0 Å². The number of thioether (sulfide) groups is 2. The van der Waals surface area contributed by atoms with Crippen molar-refractivity contribution in [3.63, 3.8) is 0 Å². The lowest BCUT2D eigenvalue weighted by Gasteiger charge is -2.22. The summed E-state index contributed by atoms with van der Waals surface area (Å²) < 4.78 is 1.15. The normalized spacial score (nSPS) is 12.5. The second-order valence-corrected chi connectivity index (χ2v) is 9.90. The van der Waals surface area contributed by atoms with Crippen molar-refractivity contribution in [2.75, 3.05) is 31.1 Å². The standard InChI is InChI=1S/C23H32BrNS2/c1-4-7-16-26-22-13-11-19(12-14-22)23(20-9-8-10-21(24)18-20)27-17-15-25(5-2)6-3/h8-14,18,23H,4-7,15-17H2,1-3H3/t23-/m0/s1. The van der Waals surface area contributed by atoms with Crippen molar-refractivity contribution in [2.24, 2.45) is 0 Å². The molecule has 0 spiro atoms. The molecule has 0 fully saturated rings. The summed E-state index contributed by atoms with van der Waals surface area (Å²) in [6, 6.07) is 18.0. The summed E-state index contributed by atoms with van der Waals surface area (Å²) in [4.78, 5) is 3.88. The first-order valence-electron chi connectivity index (χ1n) is 10.00. The molecule has 2 aromatic carbocycles. The van der Waals surface area contributed by atoms with Gasteiger partial charge < -0.3 is 4.90 Å². The van der Waals surface area contributed by atoms with Crippen molar-refractivity contribution in [3.8, 4) is 0 Å². The van der Waals surface area contributed by atoms with Gasteiger partial charge >= 0.3 is 0 Å². The molecule has 0 aromatic heterocycles. The van der Waals surface area contributed by atoms with Gasteiger partial charge in [-0.3, -0.25) is 0 Å². The molecule has 0 amide bonds. The Morgan fingerprint density at radius 1 is 0.926 bits per heavy atom. The van der Waals surface area contributed by atoms with Crippen LogP contribution in [0.1, 0.15) is 50.0 Å². The molecule has 0 radical (unpaired) electrons. The smallest absolute Gasteiger partial charge is 0.0547 e. The summed E-state index contributed by atoms with van der Waals surface area (Å²) in [5, 5.41) is 0.382. The van der Waals surface area contributed by atoms with Crippen LogP contribution in [0.2, 0.25) is 0 Å². The van der Waals surface area contributed by atoms with Gasteiger partial charge in [0, 0.05) is 21.7 Å². The molecule has 0 saturated heterocycles. The van der Waals surface area contributed by atoms with Gasteiger partial charge in [0.2, 0.25) is 0 Å². The number of unbranched alkanes of at least 4 members (excludes halogenated alkanes) is 1. The second kappa shape index (κ2) is 12.9. The van der Waals surface area contributed by atoms with Gasteiger partial charge in [-0.15, -0.1) is 23.5 Å². The zero-order valence-electron chi connectivity index (χ0n) is 16.8. The quantitative estimate of drug-likeness (QED) is 0.235. The van der Waals surface area contributed by atoms with E-state index in [0.29, 0.717) is 5.25 Å². The SMILES string of the molecule is CCCCSc1ccc([C@H](SCCN(CC)CC)c2cccc(Br)c2)cc1. The Kier molecular flexibility index (Phi) is 10.9. The summed E-state index contributed by atoms with van der Waals surface area (Å²) >= 11 is 7.67. The highest BCUT2D eigenvalue weighted by Gasteiger charge is 2.16. The van der Waals surface area contributed by atoms with Crippen molar-refractivity contribution in [1.82, 2.24) is 4.90 Å². The van der Waals surface area contributed by atoms with Crippen molar-refractivity contribution in [3.05, 3.63) is 64.1 Å². The van der Waals surface area contributed by atoms with E-state index in [0.717, 1.165) is 29.9 Å². The van der Waals surface area contributed by atoms with Crippen LogP contribution in [0.4, 0.5) is 0 Å². The maximum absolute atomic E-state index is 3.64. The van der Waals surface area contributed by atoms with Gasteiger partial charge in [-0.1, -0.05) is 67.4 Å². The first-order valence-corrected chi connectivity index (χ1v) is 12.8. The monoisotopic (exact) mass is 465 g/mol. The zero-order chi connectivity index (χ0) is 19.5. The van der Waals surface area contributed by atoms with Crippen LogP contribution >= 0.6 is 39.5 Å². The molecule has 4 heteroatoms. The van der Waals surface area contributed by atoms with E-state index in [1.54, 1.807) is 0 Å². The summed E-state index contributed by atoms with van der Waals surface area (Å²) in [7, 11) is 0. The highest BCUT2D eigenvalue weighted by atomic mass is 79.9. The molecule has 0 aliphatic carbocycles. The molecule has 0 aliphatic heterocycles. The number of hydrogen-bond acceptors (Lipinski definition) is 3. The van der Waals surface area contributed by atoms with E-state index < -0.39 is 0 Å². The Bertz CT molecular complexity index is 656. The molecule has 0 N–H and O–H groups in total. The topological polar surface area (TPSA) is 3.24 Å². The van der Waals surface area contributed by atoms with E-state index in [-0.39, 0.29) is 0 Å². The number of nitrogens with zero attached hydrogens (tertiary/aromatic N) is 1. The lowest BCUT2D eigenvalue weighted by atomic mass is 10.0. The van der Waals surface area contributed by atoms with Crippen molar-refractivity contribution < 1.29 is 0 Å². The molecule has 148 valence electrons. The van der Waals surface area contributed by atoms with Crippen molar-refractivity contribution in [2.45, 2.75) is 43.8 Å². The Balaban J connectivity index is 2.11. The zero-order valence-corrected chi connectivity index (χ0v) is 20.0. The molecule has 0 saturated carbocycles. The molecule has 0 unspecified atom stereocenters. The summed E-state index contributed by atoms with van der Waals surface area (Å²) in [6.45, 7) is 10.1. The third-order valence-corrected chi connectivity index (χ3v) is 7.57. The summed E-state index contributed by atoms with van der Waals surface area (Å²) in [6.07, 6.45) is 2.55. The average molecular weight is 467 g/mol. The fourth-order valence-electron chi connectivity index (χ4n) is 2.97. The van der Waals surface area contributed by atoms with Gasteiger partial charge in [-0.05, 0) is 60.7 Å². The van der Waals surface area contributed by atoms with Crippen LogP contribution < -0.4 is 0 Å². The molecule has 0 bridgehead atoms. The lowest BCUT2D eigenvalue weighted by Crippen LogP contribution is -2.25. The lowest BCUT2D eigenvalue weighted by molar-refractivity contribution is 0.324. The third-order valence-electron chi connectivity index (χ3n) is 4.69. The summed E-state index contributed by atoms with van der Waals surface area (Å²) in [5.74, 6) is 2.36. The first kappa shape index (κ1) is 22.9. The van der Waals surface area contributed by atoms with Crippen LogP contribution in [0.5, 0.6) is 0 Å². The second-order valence-electron chi connectivity index (χ2n) is 6.60. The van der Waals surface area contributed by atoms with E-state index in [1.807, 2.05) is 11.8 Å². The number of halogens is 1. The molecule has 2 rings (SSSR count). The van der Waals surface area contributed by atoms with Crippen molar-refractivity contribution in [1.29, 1.82) is 0 Å². The summed E-state index contributed by atoms with van der Waals surface area (Å²) in [5.41, 5.74) is 2.78. The largest absolute Gasteiger partial charge is 0.303 e. The molecular formula is C23H32BrNS2. The molecular weight excluding hydrogens is 434 g/mol. The van der Waals surface area contributed by atoms with Crippen LogP contribution in [-0.2, 0) is 0 Å². The third kappa shape index (κ3) is 7.84. The molecule has 0 heterocycles. The molecule has 27 heavy (non-hydrogen) atoms. The van der Waals surface area contributed by atoms with Gasteiger partial charge in [0.15, 0.2) is 0 Å². The minimum Gasteiger partial charge on any atom is -0.303 e. The maximum atomic E-state index is 3.64. The van der Waals surface area contributed by atoms with Gasteiger partial charge in [-0.2, -0.15) is 0 Å². The minimum absolute atomic E-state index is 0.382. The van der Waals surface area contributed by atoms with Crippen LogP contribution in [0.25, 0.3) is 0 Å². The Morgan fingerprint density at radius 3 is 2.30 bits per heavy atom. The highest BCUT2D eigenvalue weighted by molar-refractivity contribution is 9.10. The average Bonchev–Trinajstić information content (AvgIpc) is 2.69. The fraction of sp³-hybridized carbons (Fsp3) is 0.478. The number of benzene rings is 2. The Labute approximate surface area is 182 Å². The Morgan fingerprint density at radius 2 is 1.67 bits per heavy atom. The van der Waals surface area contributed by atoms with E-state index in [4.69, 9.17) is 0 Å². The Hall–Kier alpha value is -0.420. The molecule has 2 aromatic rings. The van der Waals surface area contributed by atoms with Crippen LogP contribution in [0.3, 0.4) is 0 Å². The van der Waals surface area contributed by atoms with Crippen LogP contribution in [-0.4, -0.2) is 36.0 Å². The molecule has 1 nitrogen and oxygen atoms in total. The minimum atomic E-state index is 0.382. The predicted molar refractivity (Wildman–Crippen MR) is 128 cm³/mol. The number of rotatable bonds is 12. The van der Waals surface area contributed by atoms with Crippen LogP contribution in [0.15, 0.2) is 57.9 Å². The number of hydrogen-bond donors (Lipinski definition) is 0. The first-order chi connectivity index (χ1) is 13.2. The van der Waals surface area contributed by atoms with E-state index in [2.05, 4.69) is 102 Å². The maximum Gasteiger partial charge on any atom is 0.0547 e. The predicted octanol–water partition coefficient (Wildman–Crippen LogP) is 7.51. The molecule has 0 aliphatic rings. The van der Waals surface area contributed by atoms with E-state index in [1.165, 1.54) is 34.6 Å².